The Labute approximate surface area is 153 Å². The number of rotatable bonds is 4. The van der Waals surface area contributed by atoms with Crippen molar-refractivity contribution in [2.75, 3.05) is 32.7 Å². The topological polar surface area (TPSA) is 57.3 Å². The molecule has 0 radical (unpaired) electrons. The highest BCUT2D eigenvalue weighted by Gasteiger charge is 2.43. The number of piperazine rings is 1. The second kappa shape index (κ2) is 7.77. The zero-order chi connectivity index (χ0) is 18.7. The Morgan fingerprint density at radius 3 is 2.73 bits per heavy atom. The number of halogens is 4. The molecule has 0 spiro atoms. The minimum atomic E-state index is -4.43. The van der Waals surface area contributed by atoms with Crippen LogP contribution in [0.3, 0.4) is 0 Å². The van der Waals surface area contributed by atoms with Crippen molar-refractivity contribution >= 4 is 28.4 Å². The Kier molecular flexibility index (Phi) is 5.64. The monoisotopic (exact) mass is 386 g/mol. The Hall–Kier alpha value is -1.90. The molecule has 1 aliphatic rings. The van der Waals surface area contributed by atoms with Gasteiger partial charge in [0.25, 0.3) is 5.91 Å². The third-order valence-corrected chi connectivity index (χ3v) is 4.72. The third kappa shape index (κ3) is 4.08. The van der Waals surface area contributed by atoms with E-state index in [0.717, 1.165) is 0 Å². The van der Waals surface area contributed by atoms with E-state index in [1.54, 1.807) is 12.1 Å². The molecular formula is C17H18ClF3N4O. The van der Waals surface area contributed by atoms with Crippen molar-refractivity contribution in [1.82, 2.24) is 20.5 Å². The molecular weight excluding hydrogens is 369 g/mol. The summed E-state index contributed by atoms with van der Waals surface area (Å²) < 4.78 is 40.3. The van der Waals surface area contributed by atoms with Crippen LogP contribution in [-0.2, 0) is 0 Å². The molecule has 2 heterocycles. The molecule has 1 unspecified atom stereocenters. The highest BCUT2D eigenvalue weighted by molar-refractivity contribution is 6.36. The molecule has 2 aromatic rings. The Balaban J connectivity index is 1.78. The van der Waals surface area contributed by atoms with Gasteiger partial charge in [0, 0.05) is 44.3 Å². The van der Waals surface area contributed by atoms with Crippen LogP contribution in [0.25, 0.3) is 10.9 Å². The second-order valence-corrected chi connectivity index (χ2v) is 6.46. The predicted molar refractivity (Wildman–Crippen MR) is 93.4 cm³/mol. The molecule has 0 aliphatic carbocycles. The number of nitrogens with one attached hydrogen (secondary N) is 2. The molecule has 1 amide bonds. The summed E-state index contributed by atoms with van der Waals surface area (Å²) in [5, 5.41) is 6.44. The normalized spacial score (nSPS) is 17.2. The summed E-state index contributed by atoms with van der Waals surface area (Å²) in [4.78, 5) is 18.0. The number of pyridine rings is 1. The fourth-order valence-electron chi connectivity index (χ4n) is 3.05. The smallest absolute Gasteiger partial charge is 0.350 e. The van der Waals surface area contributed by atoms with E-state index in [0.29, 0.717) is 29.0 Å². The molecule has 1 aromatic heterocycles. The van der Waals surface area contributed by atoms with Crippen LogP contribution < -0.4 is 10.6 Å². The average Bonchev–Trinajstić information content (AvgIpc) is 2.62. The van der Waals surface area contributed by atoms with E-state index >= 15 is 0 Å². The summed E-state index contributed by atoms with van der Waals surface area (Å²) in [7, 11) is 0. The van der Waals surface area contributed by atoms with Gasteiger partial charge in [0.05, 0.1) is 16.1 Å². The van der Waals surface area contributed by atoms with Crippen molar-refractivity contribution in [2.24, 2.45) is 0 Å². The Morgan fingerprint density at radius 1 is 1.31 bits per heavy atom. The number of hydrogen-bond donors (Lipinski definition) is 2. The van der Waals surface area contributed by atoms with Crippen LogP contribution in [0, 0.1) is 0 Å². The summed E-state index contributed by atoms with van der Waals surface area (Å²) in [5.74, 6) is -0.602. The number of amides is 1. The number of aromatic nitrogens is 1. The molecule has 5 nitrogen and oxygen atoms in total. The highest BCUT2D eigenvalue weighted by Crippen LogP contribution is 2.26. The first kappa shape index (κ1) is 18.9. The number of benzene rings is 1. The lowest BCUT2D eigenvalue weighted by atomic mass is 10.1. The van der Waals surface area contributed by atoms with E-state index in [1.807, 2.05) is 0 Å². The number of carbonyl (C=O) groups excluding carboxylic acids is 1. The van der Waals surface area contributed by atoms with E-state index in [1.165, 1.54) is 23.2 Å². The van der Waals surface area contributed by atoms with Gasteiger partial charge in [-0.25, -0.2) is 0 Å². The standard InChI is InChI=1S/C17H18ClF3N4O/c18-13-4-3-12(15-11(13)2-1-5-23-15)16(26)24-10-14(17(19,20)21)25-8-6-22-7-9-25/h1-5,14,22H,6-10H2,(H,24,26). The predicted octanol–water partition coefficient (Wildman–Crippen LogP) is 2.45. The van der Waals surface area contributed by atoms with Gasteiger partial charge in [-0.2, -0.15) is 13.2 Å². The van der Waals surface area contributed by atoms with Gasteiger partial charge >= 0.3 is 6.18 Å². The molecule has 1 atom stereocenters. The van der Waals surface area contributed by atoms with E-state index in [9.17, 15) is 18.0 Å². The lowest BCUT2D eigenvalue weighted by Crippen LogP contribution is -2.57. The van der Waals surface area contributed by atoms with Gasteiger partial charge in [-0.15, -0.1) is 0 Å². The number of alkyl halides is 3. The van der Waals surface area contributed by atoms with Crippen molar-refractivity contribution in [2.45, 2.75) is 12.2 Å². The van der Waals surface area contributed by atoms with E-state index in [4.69, 9.17) is 11.6 Å². The Morgan fingerprint density at radius 2 is 2.04 bits per heavy atom. The maximum atomic E-state index is 13.4. The fourth-order valence-corrected chi connectivity index (χ4v) is 3.27. The molecule has 26 heavy (non-hydrogen) atoms. The van der Waals surface area contributed by atoms with Gasteiger partial charge in [-0.05, 0) is 24.3 Å². The summed E-state index contributed by atoms with van der Waals surface area (Å²) in [6.07, 6.45) is -2.92. The van der Waals surface area contributed by atoms with Crippen LogP contribution in [0.1, 0.15) is 10.4 Å². The quantitative estimate of drug-likeness (QED) is 0.847. The van der Waals surface area contributed by atoms with Gasteiger partial charge in [-0.1, -0.05) is 11.6 Å². The zero-order valence-electron chi connectivity index (χ0n) is 13.8. The lowest BCUT2D eigenvalue weighted by Gasteiger charge is -2.35. The van der Waals surface area contributed by atoms with Gasteiger partial charge in [0.2, 0.25) is 0 Å². The Bertz CT molecular complexity index is 793. The summed E-state index contributed by atoms with van der Waals surface area (Å²) in [6.45, 7) is 1.04. The number of carbonyl (C=O) groups is 1. The molecule has 3 rings (SSSR count). The van der Waals surface area contributed by atoms with Crippen LogP contribution in [0.5, 0.6) is 0 Å². The zero-order valence-corrected chi connectivity index (χ0v) is 14.6. The largest absolute Gasteiger partial charge is 0.405 e. The van der Waals surface area contributed by atoms with Crippen molar-refractivity contribution in [3.8, 4) is 0 Å². The first-order valence-electron chi connectivity index (χ1n) is 8.21. The SMILES string of the molecule is O=C(NCC(N1CCNCC1)C(F)(F)F)c1ccc(Cl)c2cccnc12. The lowest BCUT2D eigenvalue weighted by molar-refractivity contribution is -0.183. The number of fused-ring (bicyclic) bond motifs is 1. The number of nitrogens with zero attached hydrogens (tertiary/aromatic N) is 2. The number of hydrogen-bond acceptors (Lipinski definition) is 4. The van der Waals surface area contributed by atoms with Crippen molar-refractivity contribution in [3.05, 3.63) is 41.0 Å². The maximum Gasteiger partial charge on any atom is 0.405 e. The van der Waals surface area contributed by atoms with Crippen molar-refractivity contribution in [1.29, 1.82) is 0 Å². The molecule has 0 saturated carbocycles. The molecule has 1 saturated heterocycles. The molecule has 1 aliphatic heterocycles. The molecule has 9 heteroatoms. The first-order valence-corrected chi connectivity index (χ1v) is 8.58. The van der Waals surface area contributed by atoms with Crippen LogP contribution in [0.15, 0.2) is 30.5 Å². The molecule has 2 N–H and O–H groups in total. The molecule has 0 bridgehead atoms. The molecule has 1 fully saturated rings. The van der Waals surface area contributed by atoms with Crippen LogP contribution in [-0.4, -0.2) is 60.7 Å². The molecule has 1 aromatic carbocycles. The van der Waals surface area contributed by atoms with Gasteiger partial charge < -0.3 is 10.6 Å². The van der Waals surface area contributed by atoms with Gasteiger partial charge in [0.15, 0.2) is 0 Å². The van der Waals surface area contributed by atoms with Crippen LogP contribution in [0.4, 0.5) is 13.2 Å². The third-order valence-electron chi connectivity index (χ3n) is 4.39. The fraction of sp³-hybridized carbons (Fsp3) is 0.412. The van der Waals surface area contributed by atoms with E-state index in [-0.39, 0.29) is 18.7 Å². The minimum absolute atomic E-state index is 0.200. The minimum Gasteiger partial charge on any atom is -0.350 e. The van der Waals surface area contributed by atoms with E-state index < -0.39 is 24.7 Å². The van der Waals surface area contributed by atoms with Gasteiger partial charge in [-0.3, -0.25) is 14.7 Å². The summed E-state index contributed by atoms with van der Waals surface area (Å²) in [6, 6.07) is 4.68. The molecule has 140 valence electrons. The van der Waals surface area contributed by atoms with Crippen LogP contribution in [0.2, 0.25) is 5.02 Å². The van der Waals surface area contributed by atoms with Crippen molar-refractivity contribution in [3.63, 3.8) is 0 Å². The first-order chi connectivity index (χ1) is 12.4. The second-order valence-electron chi connectivity index (χ2n) is 6.05. The highest BCUT2D eigenvalue weighted by atomic mass is 35.5. The van der Waals surface area contributed by atoms with E-state index in [2.05, 4.69) is 15.6 Å². The van der Waals surface area contributed by atoms with Crippen molar-refractivity contribution < 1.29 is 18.0 Å². The van der Waals surface area contributed by atoms with Gasteiger partial charge in [0.1, 0.15) is 6.04 Å². The summed E-state index contributed by atoms with van der Waals surface area (Å²) >= 11 is 6.09. The van der Waals surface area contributed by atoms with Crippen LogP contribution >= 0.6 is 11.6 Å². The summed E-state index contributed by atoms with van der Waals surface area (Å²) in [5.41, 5.74) is 0.564. The average molecular weight is 387 g/mol. The maximum absolute atomic E-state index is 13.4.